The molecule has 0 spiro atoms. The van der Waals surface area contributed by atoms with Crippen LogP contribution in [0.3, 0.4) is 0 Å². The van der Waals surface area contributed by atoms with E-state index in [0.717, 1.165) is 0 Å². The van der Waals surface area contributed by atoms with E-state index in [-0.39, 0.29) is 64.2 Å². The molecule has 3 atom stereocenters. The van der Waals surface area contributed by atoms with E-state index in [1.165, 1.54) is 0 Å². The Hall–Kier alpha value is -1.80. The van der Waals surface area contributed by atoms with Crippen molar-refractivity contribution >= 4 is 55.8 Å². The van der Waals surface area contributed by atoms with Crippen molar-refractivity contribution < 1.29 is 176 Å². The van der Waals surface area contributed by atoms with Gasteiger partial charge in [0.25, 0.3) is 23.6 Å². The maximum absolute atomic E-state index is 13.6. The second-order valence-electron chi connectivity index (χ2n) is 9.49. The first-order valence-corrected chi connectivity index (χ1v) is 15.3. The van der Waals surface area contributed by atoms with Crippen LogP contribution in [0.2, 0.25) is 0 Å². The van der Waals surface area contributed by atoms with Gasteiger partial charge in [0.15, 0.2) is 6.17 Å². The van der Waals surface area contributed by atoms with Crippen molar-refractivity contribution in [2.75, 3.05) is 6.67 Å². The van der Waals surface area contributed by atoms with Crippen LogP contribution in [0, 0.1) is 0 Å². The van der Waals surface area contributed by atoms with Crippen LogP contribution < -0.4 is 59.1 Å². The van der Waals surface area contributed by atoms with Crippen LogP contribution in [0.15, 0.2) is 0 Å². The van der Waals surface area contributed by atoms with Crippen molar-refractivity contribution in [3.05, 3.63) is 0 Å². The van der Waals surface area contributed by atoms with Gasteiger partial charge in [-0.25, -0.2) is 39.6 Å². The van der Waals surface area contributed by atoms with Crippen molar-refractivity contribution in [3.63, 3.8) is 0 Å². The van der Waals surface area contributed by atoms with Gasteiger partial charge in [-0.1, -0.05) is 0 Å². The molecule has 2 fully saturated rings. The Morgan fingerprint density at radius 1 is 0.692 bits per heavy atom. The summed E-state index contributed by atoms with van der Waals surface area (Å²) in [5, 5.41) is -5.39. The SMILES string of the molecule is O=C(CCC(F)C(F)(F)C(F)(F)C(F)(F)C(F)(F)C(F)F)ON1C(=O)CC(S(=O)(=O)[O-])C1=O.O=C(CCF)ON1C(=O)CC(S(=O)(=O)[O-])C1=O.[Na+].[Na+]. The summed E-state index contributed by atoms with van der Waals surface area (Å²) in [6.07, 6.45) is -17.0. The molecule has 4 amide bonds. The molecule has 52 heavy (non-hydrogen) atoms. The number of nitrogens with zero attached hydrogens (tertiary/aromatic N) is 2. The van der Waals surface area contributed by atoms with E-state index < -0.39 is 146 Å². The fourth-order valence-corrected chi connectivity index (χ4v) is 4.74. The molecule has 0 saturated carbocycles. The zero-order valence-corrected chi connectivity index (χ0v) is 31.1. The summed E-state index contributed by atoms with van der Waals surface area (Å²) in [5.74, 6) is -38.1. The number of carbonyl (C=O) groups excluding carboxylic acids is 6. The molecule has 0 aliphatic carbocycles. The van der Waals surface area contributed by atoms with Gasteiger partial charge >= 0.3 is 101 Å². The van der Waals surface area contributed by atoms with E-state index in [2.05, 4.69) is 9.68 Å². The number of hydrogen-bond acceptors (Lipinski definition) is 14. The molecule has 0 aromatic rings. The summed E-state index contributed by atoms with van der Waals surface area (Å²) < 4.78 is 219. The Balaban J connectivity index is 0. The minimum atomic E-state index is -7.46. The number of rotatable bonds is 14. The molecule has 288 valence electrons. The van der Waals surface area contributed by atoms with E-state index in [4.69, 9.17) is 0 Å². The predicted octanol–water partition coefficient (Wildman–Crippen LogP) is -5.47. The summed E-state index contributed by atoms with van der Waals surface area (Å²) in [7, 11) is -10.4. The number of carbonyl (C=O) groups is 6. The quantitative estimate of drug-likeness (QED) is 0.0686. The number of halogens is 12. The Bertz CT molecular complexity index is 1600. The van der Waals surface area contributed by atoms with Gasteiger partial charge in [-0.15, -0.1) is 10.1 Å². The molecule has 2 heterocycles. The van der Waals surface area contributed by atoms with E-state index in [1.54, 1.807) is 0 Å². The number of hydrogen-bond donors (Lipinski definition) is 0. The van der Waals surface area contributed by atoms with Crippen LogP contribution in [0.5, 0.6) is 0 Å². The van der Waals surface area contributed by atoms with Gasteiger partial charge in [-0.3, -0.25) is 23.6 Å². The van der Waals surface area contributed by atoms with Crippen LogP contribution in [0.1, 0.15) is 32.1 Å². The largest absolute Gasteiger partial charge is 1.00 e. The molecule has 0 N–H and O–H groups in total. The van der Waals surface area contributed by atoms with Crippen molar-refractivity contribution in [3.8, 4) is 0 Å². The molecule has 16 nitrogen and oxygen atoms in total. The van der Waals surface area contributed by atoms with Gasteiger partial charge < -0.3 is 18.8 Å². The minimum Gasteiger partial charge on any atom is -0.747 e. The molecule has 0 aromatic heterocycles. The molecule has 0 aromatic carbocycles. The summed E-state index contributed by atoms with van der Waals surface area (Å²) in [5.41, 5.74) is 0. The number of amides is 4. The Labute approximate surface area is 325 Å². The first kappa shape index (κ1) is 52.3. The van der Waals surface area contributed by atoms with Crippen molar-refractivity contribution in [2.45, 2.75) is 78.9 Å². The topological polar surface area (TPSA) is 242 Å². The van der Waals surface area contributed by atoms with Crippen LogP contribution >= 0.6 is 0 Å². The van der Waals surface area contributed by atoms with Crippen LogP contribution in [0.25, 0.3) is 0 Å². The van der Waals surface area contributed by atoms with Gasteiger partial charge in [-0.05, 0) is 6.42 Å². The van der Waals surface area contributed by atoms with E-state index in [9.17, 15) is 107 Å². The summed E-state index contributed by atoms with van der Waals surface area (Å²) >= 11 is 0. The Morgan fingerprint density at radius 3 is 1.31 bits per heavy atom. The summed E-state index contributed by atoms with van der Waals surface area (Å²) in [6, 6.07) is 0. The van der Waals surface area contributed by atoms with E-state index in [0.29, 0.717) is 0 Å². The normalized spacial score (nSPS) is 19.4. The Kier molecular flexibility index (Phi) is 18.8. The average Bonchev–Trinajstić information content (AvgIpc) is 3.41. The third kappa shape index (κ3) is 11.4. The summed E-state index contributed by atoms with van der Waals surface area (Å²) in [4.78, 5) is 75.5. The predicted molar refractivity (Wildman–Crippen MR) is 123 cm³/mol. The molecule has 3 unspecified atom stereocenters. The molecule has 2 aliphatic heterocycles. The maximum Gasteiger partial charge on any atom is 1.00 e. The van der Waals surface area contributed by atoms with Gasteiger partial charge in [0.1, 0.15) is 30.7 Å². The van der Waals surface area contributed by atoms with Crippen LogP contribution in [-0.4, -0.2) is 125 Å². The minimum absolute atomic E-state index is 0. The molecule has 0 radical (unpaired) electrons. The van der Waals surface area contributed by atoms with E-state index in [1.807, 2.05) is 0 Å². The van der Waals surface area contributed by atoms with Gasteiger partial charge in [0, 0.05) is 0 Å². The second-order valence-corrected chi connectivity index (χ2v) is 12.6. The fourth-order valence-electron chi connectivity index (χ4n) is 3.36. The molecule has 2 rings (SSSR count). The number of hydroxylamine groups is 4. The molecule has 32 heteroatoms. The van der Waals surface area contributed by atoms with Crippen molar-refractivity contribution in [1.29, 1.82) is 0 Å². The number of alkyl halides is 12. The number of imide groups is 2. The third-order valence-electron chi connectivity index (χ3n) is 6.01. The molecule has 2 saturated heterocycles. The maximum atomic E-state index is 13.6. The van der Waals surface area contributed by atoms with Gasteiger partial charge in [-0.2, -0.15) is 35.1 Å². The monoisotopic (exact) mass is 846 g/mol. The standard InChI is InChI=1S/C13H10F11NO7S.C7H8FNO7S.2Na/c14-5(10(17,18)12(21,22)13(23,24)11(19,20)9(15)16)1-2-7(27)32-25-6(26)3-4(8(25)28)33(29,30)31;8-2-1-6(11)16-9-5(10)3-4(7(9)12)17(13,14)15;;/h4-5,9H,1-3H2,(H,29,30,31);4H,1-3H2,(H,13,14,15);;/q;;2*+1/p-2. The van der Waals surface area contributed by atoms with Gasteiger partial charge in [0.2, 0.25) is 0 Å². The summed E-state index contributed by atoms with van der Waals surface area (Å²) in [6.45, 7) is -1.06. The zero-order valence-electron chi connectivity index (χ0n) is 25.5. The van der Waals surface area contributed by atoms with Crippen molar-refractivity contribution in [1.82, 2.24) is 10.1 Å². The van der Waals surface area contributed by atoms with Crippen molar-refractivity contribution in [2.24, 2.45) is 0 Å². The zero-order chi connectivity index (χ0) is 39.6. The first-order chi connectivity index (χ1) is 22.3. The smallest absolute Gasteiger partial charge is 0.747 e. The van der Waals surface area contributed by atoms with Crippen LogP contribution in [-0.2, 0) is 58.7 Å². The van der Waals surface area contributed by atoms with Crippen LogP contribution in [0.4, 0.5) is 52.7 Å². The molecular weight excluding hydrogens is 830 g/mol. The molecule has 0 bridgehead atoms. The third-order valence-corrected chi connectivity index (χ3v) is 8.14. The second kappa shape index (κ2) is 18.7. The molecular formula is C20H16F12N2Na2O14S2. The van der Waals surface area contributed by atoms with E-state index >= 15 is 0 Å². The molecule has 2 aliphatic rings. The fraction of sp³-hybridized carbons (Fsp3) is 0.700. The van der Waals surface area contributed by atoms with Gasteiger partial charge in [0.05, 0.1) is 32.4 Å². The Morgan fingerprint density at radius 2 is 1.02 bits per heavy atom. The first-order valence-electron chi connectivity index (χ1n) is 12.3. The average molecular weight is 846 g/mol.